The van der Waals surface area contributed by atoms with Crippen molar-refractivity contribution in [3.8, 4) is 0 Å². The van der Waals surface area contributed by atoms with Gasteiger partial charge in [0, 0.05) is 30.6 Å². The summed E-state index contributed by atoms with van der Waals surface area (Å²) in [6.07, 6.45) is 7.14. The molecular weight excluding hydrogens is 372 g/mol. The van der Waals surface area contributed by atoms with Crippen LogP contribution in [-0.4, -0.2) is 47.1 Å². The molecule has 8 heteroatoms. The van der Waals surface area contributed by atoms with Gasteiger partial charge in [-0.1, -0.05) is 6.07 Å². The third-order valence-corrected chi connectivity index (χ3v) is 3.66. The van der Waals surface area contributed by atoms with E-state index in [4.69, 9.17) is 4.74 Å². The minimum absolute atomic E-state index is 0.115. The molecule has 1 rings (SSSR count). The van der Waals surface area contributed by atoms with Crippen LogP contribution in [-0.2, 0) is 14.3 Å². The molecule has 29 heavy (non-hydrogen) atoms. The molecule has 160 valence electrons. The van der Waals surface area contributed by atoms with E-state index in [0.29, 0.717) is 19.4 Å². The van der Waals surface area contributed by atoms with E-state index in [1.165, 1.54) is 6.08 Å². The van der Waals surface area contributed by atoms with E-state index in [2.05, 4.69) is 20.9 Å². The number of ether oxygens (including phenoxy) is 1. The predicted octanol–water partition coefficient (Wildman–Crippen LogP) is 2.41. The second kappa shape index (κ2) is 11.2. The van der Waals surface area contributed by atoms with E-state index in [1.54, 1.807) is 45.3 Å². The van der Waals surface area contributed by atoms with Crippen LogP contribution in [0.15, 0.2) is 30.6 Å². The first-order valence-corrected chi connectivity index (χ1v) is 9.61. The largest absolute Gasteiger partial charge is 0.444 e. The maximum absolute atomic E-state index is 12.1. The second-order valence-electron chi connectivity index (χ2n) is 8.30. The van der Waals surface area contributed by atoms with Gasteiger partial charge in [-0.15, -0.1) is 0 Å². The van der Waals surface area contributed by atoms with Gasteiger partial charge in [-0.25, -0.2) is 4.79 Å². The zero-order chi connectivity index (χ0) is 21.9. The zero-order valence-electron chi connectivity index (χ0n) is 17.9. The molecule has 0 aliphatic carbocycles. The molecule has 0 fully saturated rings. The van der Waals surface area contributed by atoms with Crippen LogP contribution in [0.3, 0.4) is 0 Å². The van der Waals surface area contributed by atoms with Crippen molar-refractivity contribution in [2.45, 2.75) is 58.6 Å². The molecule has 0 saturated heterocycles. The van der Waals surface area contributed by atoms with E-state index in [0.717, 1.165) is 5.56 Å². The summed E-state index contributed by atoms with van der Waals surface area (Å²) in [5.74, 6) is -0.637. The molecule has 0 spiro atoms. The minimum atomic E-state index is -0.533. The van der Waals surface area contributed by atoms with Crippen molar-refractivity contribution in [1.29, 1.82) is 0 Å². The van der Waals surface area contributed by atoms with Gasteiger partial charge in [0.15, 0.2) is 0 Å². The number of amides is 3. The SMILES string of the molecule is CC(C)(CCCNC(=O)OC(C)(C)C)NC(=O)CNC(=O)/C=C/c1cccnc1. The number of pyridine rings is 1. The molecule has 3 amide bonds. The summed E-state index contributed by atoms with van der Waals surface area (Å²) in [7, 11) is 0. The van der Waals surface area contributed by atoms with Crippen LogP contribution in [0.5, 0.6) is 0 Å². The smallest absolute Gasteiger partial charge is 0.407 e. The summed E-state index contributed by atoms with van der Waals surface area (Å²) in [5, 5.41) is 8.12. The Kier molecular flexibility index (Phi) is 9.31. The zero-order valence-corrected chi connectivity index (χ0v) is 17.9. The molecule has 0 aliphatic heterocycles. The summed E-state index contributed by atoms with van der Waals surface area (Å²) in [4.78, 5) is 39.5. The summed E-state index contributed by atoms with van der Waals surface area (Å²) in [6.45, 7) is 9.53. The Labute approximate surface area is 172 Å². The van der Waals surface area contributed by atoms with Crippen molar-refractivity contribution in [1.82, 2.24) is 20.9 Å². The van der Waals surface area contributed by atoms with Crippen molar-refractivity contribution in [2.24, 2.45) is 0 Å². The first kappa shape index (κ1) is 24.1. The Bertz CT molecular complexity index is 709. The highest BCUT2D eigenvalue weighted by Crippen LogP contribution is 2.11. The lowest BCUT2D eigenvalue weighted by molar-refractivity contribution is -0.125. The Hall–Kier alpha value is -2.90. The van der Waals surface area contributed by atoms with Crippen molar-refractivity contribution in [3.63, 3.8) is 0 Å². The molecule has 0 aromatic carbocycles. The standard InChI is InChI=1S/C21H32N4O4/c1-20(2,3)29-19(28)23-13-7-11-21(4,5)25-18(27)15-24-17(26)10-9-16-8-6-12-22-14-16/h6,8-10,12,14H,7,11,13,15H2,1-5H3,(H,23,28)(H,24,26)(H,25,27)/b10-9+. The van der Waals surface area contributed by atoms with Crippen LogP contribution in [0.4, 0.5) is 4.79 Å². The van der Waals surface area contributed by atoms with Gasteiger partial charge in [0.05, 0.1) is 6.54 Å². The lowest BCUT2D eigenvalue weighted by Crippen LogP contribution is -2.47. The van der Waals surface area contributed by atoms with Gasteiger partial charge >= 0.3 is 6.09 Å². The Morgan fingerprint density at radius 1 is 1.14 bits per heavy atom. The van der Waals surface area contributed by atoms with Crippen LogP contribution in [0.1, 0.15) is 53.0 Å². The Balaban J connectivity index is 2.27. The molecule has 0 aliphatic rings. The first-order valence-electron chi connectivity index (χ1n) is 9.61. The molecule has 0 atom stereocenters. The fourth-order valence-electron chi connectivity index (χ4n) is 2.39. The number of carbonyl (C=O) groups excluding carboxylic acids is 3. The summed E-state index contributed by atoms with van der Waals surface area (Å²) >= 11 is 0. The highest BCUT2D eigenvalue weighted by Gasteiger charge is 2.20. The van der Waals surface area contributed by atoms with Crippen molar-refractivity contribution < 1.29 is 19.1 Å². The highest BCUT2D eigenvalue weighted by molar-refractivity contribution is 5.94. The second-order valence-corrected chi connectivity index (χ2v) is 8.30. The molecule has 1 heterocycles. The number of carbonyl (C=O) groups is 3. The number of hydrogen-bond acceptors (Lipinski definition) is 5. The molecular formula is C21H32N4O4. The Morgan fingerprint density at radius 2 is 1.86 bits per heavy atom. The molecule has 0 radical (unpaired) electrons. The van der Waals surface area contributed by atoms with E-state index >= 15 is 0 Å². The number of rotatable bonds is 9. The van der Waals surface area contributed by atoms with Gasteiger partial charge in [-0.3, -0.25) is 14.6 Å². The maximum atomic E-state index is 12.1. The molecule has 0 unspecified atom stereocenters. The predicted molar refractivity (Wildman–Crippen MR) is 112 cm³/mol. The number of aromatic nitrogens is 1. The maximum Gasteiger partial charge on any atom is 0.407 e. The third-order valence-electron chi connectivity index (χ3n) is 3.66. The average molecular weight is 405 g/mol. The van der Waals surface area contributed by atoms with Crippen LogP contribution in [0, 0.1) is 0 Å². The van der Waals surface area contributed by atoms with Crippen molar-refractivity contribution in [2.75, 3.05) is 13.1 Å². The van der Waals surface area contributed by atoms with Gasteiger partial charge in [-0.05, 0) is 65.2 Å². The number of hydrogen-bond donors (Lipinski definition) is 3. The van der Waals surface area contributed by atoms with Gasteiger partial charge in [0.1, 0.15) is 5.60 Å². The van der Waals surface area contributed by atoms with Crippen molar-refractivity contribution >= 4 is 24.0 Å². The van der Waals surface area contributed by atoms with E-state index in [9.17, 15) is 14.4 Å². The quantitative estimate of drug-likeness (QED) is 0.432. The van der Waals surface area contributed by atoms with Crippen LogP contribution in [0.25, 0.3) is 6.08 Å². The highest BCUT2D eigenvalue weighted by atomic mass is 16.6. The van der Waals surface area contributed by atoms with Crippen LogP contribution in [0.2, 0.25) is 0 Å². The van der Waals surface area contributed by atoms with E-state index in [-0.39, 0.29) is 18.4 Å². The van der Waals surface area contributed by atoms with Gasteiger partial charge in [-0.2, -0.15) is 0 Å². The number of nitrogens with one attached hydrogen (secondary N) is 3. The Morgan fingerprint density at radius 3 is 2.48 bits per heavy atom. The lowest BCUT2D eigenvalue weighted by atomic mass is 9.98. The summed E-state index contributed by atoms with van der Waals surface area (Å²) < 4.78 is 5.17. The van der Waals surface area contributed by atoms with E-state index in [1.807, 2.05) is 19.9 Å². The summed E-state index contributed by atoms with van der Waals surface area (Å²) in [5.41, 5.74) is -0.203. The average Bonchev–Trinajstić information content (AvgIpc) is 2.61. The molecule has 0 saturated carbocycles. The summed E-state index contributed by atoms with van der Waals surface area (Å²) in [6, 6.07) is 3.60. The van der Waals surface area contributed by atoms with Crippen LogP contribution < -0.4 is 16.0 Å². The third kappa shape index (κ3) is 12.2. The van der Waals surface area contributed by atoms with Crippen LogP contribution >= 0.6 is 0 Å². The monoisotopic (exact) mass is 404 g/mol. The molecule has 1 aromatic heterocycles. The van der Waals surface area contributed by atoms with E-state index < -0.39 is 17.2 Å². The van der Waals surface area contributed by atoms with Gasteiger partial charge < -0.3 is 20.7 Å². The van der Waals surface area contributed by atoms with Gasteiger partial charge in [0.25, 0.3) is 0 Å². The fourth-order valence-corrected chi connectivity index (χ4v) is 2.39. The van der Waals surface area contributed by atoms with Crippen molar-refractivity contribution in [3.05, 3.63) is 36.2 Å². The molecule has 3 N–H and O–H groups in total. The molecule has 8 nitrogen and oxygen atoms in total. The fraction of sp³-hybridized carbons (Fsp3) is 0.524. The first-order chi connectivity index (χ1) is 13.5. The van der Waals surface area contributed by atoms with Gasteiger partial charge in [0.2, 0.25) is 11.8 Å². The minimum Gasteiger partial charge on any atom is -0.444 e. The molecule has 1 aromatic rings. The lowest BCUT2D eigenvalue weighted by Gasteiger charge is -2.26. The normalized spacial score (nSPS) is 11.8. The number of alkyl carbamates (subject to hydrolysis) is 1. The topological polar surface area (TPSA) is 109 Å². The molecule has 0 bridgehead atoms. The number of nitrogens with zero attached hydrogens (tertiary/aromatic N) is 1.